The van der Waals surface area contributed by atoms with E-state index in [-0.39, 0.29) is 23.6 Å². The third kappa shape index (κ3) is 4.29. The Morgan fingerprint density at radius 2 is 2.08 bits per heavy atom. The number of nitrogens with zero attached hydrogens (tertiary/aromatic N) is 3. The summed E-state index contributed by atoms with van der Waals surface area (Å²) in [7, 11) is 1.82. The van der Waals surface area contributed by atoms with E-state index in [9.17, 15) is 4.79 Å². The second-order valence-electron chi connectivity index (χ2n) is 7.57. The Kier molecular flexibility index (Phi) is 5.91. The predicted octanol–water partition coefficient (Wildman–Crippen LogP) is 3.59. The first-order chi connectivity index (χ1) is 11.2. The third-order valence-corrected chi connectivity index (χ3v) is 4.77. The summed E-state index contributed by atoms with van der Waals surface area (Å²) in [4.78, 5) is 20.4. The van der Waals surface area contributed by atoms with Gasteiger partial charge < -0.3 is 14.1 Å². The molecular weight excluding hydrogens is 306 g/mol. The van der Waals surface area contributed by atoms with Crippen LogP contribution in [-0.2, 0) is 10.2 Å². The van der Waals surface area contributed by atoms with Gasteiger partial charge in [0, 0.05) is 31.6 Å². The molecule has 6 nitrogen and oxygen atoms in total. The zero-order chi connectivity index (χ0) is 17.9. The van der Waals surface area contributed by atoms with E-state index >= 15 is 0 Å². The molecule has 0 radical (unpaired) electrons. The van der Waals surface area contributed by atoms with Crippen molar-refractivity contribution >= 4 is 6.09 Å². The highest BCUT2D eigenvalue weighted by atomic mass is 16.6. The number of hydrogen-bond donors (Lipinski definition) is 0. The van der Waals surface area contributed by atoms with Crippen molar-refractivity contribution in [1.29, 1.82) is 0 Å². The highest BCUT2D eigenvalue weighted by molar-refractivity contribution is 5.67. The lowest BCUT2D eigenvalue weighted by atomic mass is 9.94. The molecule has 1 fully saturated rings. The van der Waals surface area contributed by atoms with Crippen molar-refractivity contribution < 1.29 is 13.9 Å². The second-order valence-corrected chi connectivity index (χ2v) is 7.57. The molecule has 1 aliphatic heterocycles. The maximum atomic E-state index is 11.8. The summed E-state index contributed by atoms with van der Waals surface area (Å²) < 4.78 is 11.1. The Balaban J connectivity index is 1.92. The zero-order valence-electron chi connectivity index (χ0n) is 15.8. The lowest BCUT2D eigenvalue weighted by Gasteiger charge is -2.38. The van der Waals surface area contributed by atoms with Crippen LogP contribution in [0.2, 0.25) is 0 Å². The van der Waals surface area contributed by atoms with Gasteiger partial charge in [0.25, 0.3) is 0 Å². The molecule has 1 amide bonds. The molecule has 0 spiro atoms. The van der Waals surface area contributed by atoms with Crippen LogP contribution in [0.1, 0.15) is 65.2 Å². The van der Waals surface area contributed by atoms with Crippen LogP contribution in [0.5, 0.6) is 0 Å². The van der Waals surface area contributed by atoms with Gasteiger partial charge in [-0.3, -0.25) is 4.90 Å². The minimum absolute atomic E-state index is 0.0275. The molecule has 0 aliphatic carbocycles. The molecule has 1 aromatic heterocycles. The standard InChI is InChI=1S/C18H31N3O3/c1-7-23-17(22)20(6)14-8-10-21(11-9-14)13(2)16-19-12-15(24-16)18(3,4)5/h12-14H,7-11H2,1-6H3/t13-/m1/s1. The average Bonchev–Trinajstić information content (AvgIpc) is 3.04. The molecule has 0 unspecified atom stereocenters. The van der Waals surface area contributed by atoms with Crippen LogP contribution in [0.3, 0.4) is 0 Å². The molecule has 0 saturated carbocycles. The van der Waals surface area contributed by atoms with Crippen LogP contribution in [0, 0.1) is 0 Å². The summed E-state index contributed by atoms with van der Waals surface area (Å²) in [5.41, 5.74) is -0.0275. The summed E-state index contributed by atoms with van der Waals surface area (Å²) in [6, 6.07) is 0.386. The van der Waals surface area contributed by atoms with Crippen molar-refractivity contribution in [3.8, 4) is 0 Å². The van der Waals surface area contributed by atoms with Gasteiger partial charge in [0.1, 0.15) is 5.76 Å². The maximum absolute atomic E-state index is 11.8. The molecular formula is C18H31N3O3. The maximum Gasteiger partial charge on any atom is 0.409 e. The van der Waals surface area contributed by atoms with Gasteiger partial charge >= 0.3 is 6.09 Å². The first-order valence-electron chi connectivity index (χ1n) is 8.83. The van der Waals surface area contributed by atoms with E-state index in [1.807, 2.05) is 20.2 Å². The third-order valence-electron chi connectivity index (χ3n) is 4.77. The molecule has 6 heteroatoms. The van der Waals surface area contributed by atoms with E-state index < -0.39 is 0 Å². The predicted molar refractivity (Wildman–Crippen MR) is 93.0 cm³/mol. The summed E-state index contributed by atoms with van der Waals surface area (Å²) in [5, 5.41) is 0. The molecule has 2 heterocycles. The zero-order valence-corrected chi connectivity index (χ0v) is 15.8. The van der Waals surface area contributed by atoms with E-state index in [2.05, 4.69) is 37.6 Å². The molecule has 1 atom stereocenters. The lowest BCUT2D eigenvalue weighted by molar-refractivity contribution is 0.0677. The number of hydrogen-bond acceptors (Lipinski definition) is 5. The summed E-state index contributed by atoms with van der Waals surface area (Å²) in [5.74, 6) is 1.69. The first-order valence-corrected chi connectivity index (χ1v) is 8.83. The SMILES string of the molecule is CCOC(=O)N(C)C1CCN([C@H](C)c2ncc(C(C)(C)C)o2)CC1. The van der Waals surface area contributed by atoms with Gasteiger partial charge in [0.05, 0.1) is 18.8 Å². The summed E-state index contributed by atoms with van der Waals surface area (Å²) >= 11 is 0. The molecule has 136 valence electrons. The largest absolute Gasteiger partial charge is 0.450 e. The number of carbonyl (C=O) groups excluding carboxylic acids is 1. The van der Waals surface area contributed by atoms with Crippen molar-refractivity contribution in [3.05, 3.63) is 17.8 Å². The average molecular weight is 337 g/mol. The molecule has 2 rings (SSSR count). The quantitative estimate of drug-likeness (QED) is 0.840. The molecule has 1 saturated heterocycles. The minimum atomic E-state index is -0.230. The Morgan fingerprint density at radius 1 is 1.46 bits per heavy atom. The van der Waals surface area contributed by atoms with Crippen LogP contribution >= 0.6 is 0 Å². The van der Waals surface area contributed by atoms with Gasteiger partial charge in [-0.15, -0.1) is 0 Å². The lowest BCUT2D eigenvalue weighted by Crippen LogP contribution is -2.46. The van der Waals surface area contributed by atoms with Crippen LogP contribution in [-0.4, -0.2) is 53.7 Å². The molecule has 1 aromatic rings. The monoisotopic (exact) mass is 337 g/mol. The van der Waals surface area contributed by atoms with Gasteiger partial charge in [-0.2, -0.15) is 0 Å². The van der Waals surface area contributed by atoms with Crippen LogP contribution in [0.15, 0.2) is 10.6 Å². The van der Waals surface area contributed by atoms with Crippen molar-refractivity contribution in [2.45, 2.75) is 65.0 Å². The van der Waals surface area contributed by atoms with E-state index in [0.717, 1.165) is 37.6 Å². The Labute approximate surface area is 145 Å². The Hall–Kier alpha value is -1.56. The number of aromatic nitrogens is 1. The number of rotatable bonds is 4. The smallest absolute Gasteiger partial charge is 0.409 e. The van der Waals surface area contributed by atoms with Crippen molar-refractivity contribution in [1.82, 2.24) is 14.8 Å². The number of amides is 1. The minimum Gasteiger partial charge on any atom is -0.450 e. The van der Waals surface area contributed by atoms with Gasteiger partial charge in [0.2, 0.25) is 5.89 Å². The molecule has 0 N–H and O–H groups in total. The van der Waals surface area contributed by atoms with Gasteiger partial charge in [-0.1, -0.05) is 20.8 Å². The second kappa shape index (κ2) is 7.55. The number of ether oxygens (including phenoxy) is 1. The van der Waals surface area contributed by atoms with Crippen LogP contribution in [0.4, 0.5) is 4.79 Å². The van der Waals surface area contributed by atoms with E-state index in [4.69, 9.17) is 9.15 Å². The first kappa shape index (κ1) is 18.8. The molecule has 24 heavy (non-hydrogen) atoms. The topological polar surface area (TPSA) is 58.8 Å². The molecule has 0 aromatic carbocycles. The van der Waals surface area contributed by atoms with Gasteiger partial charge in [0.15, 0.2) is 0 Å². The van der Waals surface area contributed by atoms with Gasteiger partial charge in [-0.25, -0.2) is 9.78 Å². The highest BCUT2D eigenvalue weighted by Gasteiger charge is 2.30. The number of oxazole rings is 1. The van der Waals surface area contributed by atoms with Crippen LogP contribution < -0.4 is 0 Å². The Morgan fingerprint density at radius 3 is 2.58 bits per heavy atom. The van der Waals surface area contributed by atoms with Crippen molar-refractivity contribution in [2.24, 2.45) is 0 Å². The fourth-order valence-electron chi connectivity index (χ4n) is 3.02. The summed E-state index contributed by atoms with van der Waals surface area (Å²) in [6.07, 6.45) is 3.48. The summed E-state index contributed by atoms with van der Waals surface area (Å²) in [6.45, 7) is 12.6. The van der Waals surface area contributed by atoms with Crippen molar-refractivity contribution in [2.75, 3.05) is 26.7 Å². The van der Waals surface area contributed by atoms with E-state index in [0.29, 0.717) is 6.61 Å². The van der Waals surface area contributed by atoms with Crippen LogP contribution in [0.25, 0.3) is 0 Å². The fourth-order valence-corrected chi connectivity index (χ4v) is 3.02. The number of carbonyl (C=O) groups is 1. The number of piperidine rings is 1. The molecule has 0 bridgehead atoms. The van der Waals surface area contributed by atoms with Gasteiger partial charge in [-0.05, 0) is 26.7 Å². The highest BCUT2D eigenvalue weighted by Crippen LogP contribution is 2.29. The fraction of sp³-hybridized carbons (Fsp3) is 0.778. The van der Waals surface area contributed by atoms with E-state index in [1.165, 1.54) is 0 Å². The number of likely N-dealkylation sites (tertiary alicyclic amines) is 1. The molecule has 1 aliphatic rings. The van der Waals surface area contributed by atoms with E-state index in [1.54, 1.807) is 4.90 Å². The Bertz CT molecular complexity index is 542. The van der Waals surface area contributed by atoms with Crippen molar-refractivity contribution in [3.63, 3.8) is 0 Å². The normalized spacial score (nSPS) is 18.4.